The number of rotatable bonds is 4. The van der Waals surface area contributed by atoms with Crippen LogP contribution < -0.4 is 5.32 Å². The summed E-state index contributed by atoms with van der Waals surface area (Å²) >= 11 is 0. The smallest absolute Gasteiger partial charge is 0.205 e. The lowest BCUT2D eigenvalue weighted by atomic mass is 9.77. The van der Waals surface area contributed by atoms with E-state index >= 15 is 0 Å². The monoisotopic (exact) mass is 275 g/mol. The molecule has 4 heteroatoms. The molecule has 1 atom stereocenters. The third-order valence-electron chi connectivity index (χ3n) is 4.16. The van der Waals surface area contributed by atoms with Crippen LogP contribution in [0.1, 0.15) is 36.7 Å². The molecule has 20 heavy (non-hydrogen) atoms. The second-order valence-electron chi connectivity index (χ2n) is 5.58. The fraction of sp³-hybridized carbons (Fsp3) is 0.438. The standard InChI is InChI=1S/C16H18FNO2/c1-2-5-16(6-7-18-10-16)15(19)14-9-11-8-12(17)3-4-13(11)20-14/h3-4,8-9,18H,2,5-7,10H2,1H3. The van der Waals surface area contributed by atoms with Gasteiger partial charge in [-0.25, -0.2) is 4.39 Å². The van der Waals surface area contributed by atoms with Gasteiger partial charge in [0.1, 0.15) is 11.4 Å². The summed E-state index contributed by atoms with van der Waals surface area (Å²) in [6, 6.07) is 5.98. The Labute approximate surface area is 117 Å². The molecule has 1 aromatic heterocycles. The summed E-state index contributed by atoms with van der Waals surface area (Å²) in [5, 5.41) is 3.91. The Morgan fingerprint density at radius 3 is 3.00 bits per heavy atom. The highest BCUT2D eigenvalue weighted by Gasteiger charge is 2.42. The lowest BCUT2D eigenvalue weighted by Gasteiger charge is -2.24. The number of halogens is 1. The minimum Gasteiger partial charge on any atom is -0.453 e. The molecule has 0 saturated carbocycles. The van der Waals surface area contributed by atoms with Crippen LogP contribution >= 0.6 is 0 Å². The Bertz CT molecular complexity index is 641. The normalized spacial score (nSPS) is 22.5. The predicted octanol–water partition coefficient (Wildman–Crippen LogP) is 3.53. The zero-order valence-corrected chi connectivity index (χ0v) is 11.5. The summed E-state index contributed by atoms with van der Waals surface area (Å²) in [4.78, 5) is 12.8. The largest absolute Gasteiger partial charge is 0.453 e. The lowest BCUT2D eigenvalue weighted by molar-refractivity contribution is 0.0773. The number of nitrogens with one attached hydrogen (secondary N) is 1. The van der Waals surface area contributed by atoms with E-state index in [0.717, 1.165) is 25.8 Å². The number of hydrogen-bond donors (Lipinski definition) is 1. The quantitative estimate of drug-likeness (QED) is 0.868. The maximum absolute atomic E-state index is 13.2. The van der Waals surface area contributed by atoms with E-state index in [1.54, 1.807) is 12.1 Å². The molecular formula is C16H18FNO2. The average molecular weight is 275 g/mol. The van der Waals surface area contributed by atoms with E-state index in [1.165, 1.54) is 12.1 Å². The summed E-state index contributed by atoms with van der Waals surface area (Å²) < 4.78 is 18.8. The first-order chi connectivity index (χ1) is 9.64. The first kappa shape index (κ1) is 13.3. The number of fused-ring (bicyclic) bond motifs is 1. The van der Waals surface area contributed by atoms with Crippen molar-refractivity contribution in [2.45, 2.75) is 26.2 Å². The zero-order valence-electron chi connectivity index (χ0n) is 11.5. The second-order valence-corrected chi connectivity index (χ2v) is 5.58. The molecule has 3 rings (SSSR count). The Hall–Kier alpha value is -1.68. The minimum atomic E-state index is -0.360. The Morgan fingerprint density at radius 1 is 1.45 bits per heavy atom. The summed E-state index contributed by atoms with van der Waals surface area (Å²) in [5.74, 6) is 0.0758. The first-order valence-electron chi connectivity index (χ1n) is 7.09. The van der Waals surface area contributed by atoms with Gasteiger partial charge in [0.05, 0.1) is 5.41 Å². The number of Topliss-reactive ketones (excluding diaryl/α,β-unsaturated/α-hetero) is 1. The summed E-state index contributed by atoms with van der Waals surface area (Å²) in [5.41, 5.74) is 0.202. The van der Waals surface area contributed by atoms with E-state index in [4.69, 9.17) is 4.42 Å². The summed E-state index contributed by atoms with van der Waals surface area (Å²) in [7, 11) is 0. The Kier molecular flexibility index (Phi) is 3.34. The van der Waals surface area contributed by atoms with E-state index < -0.39 is 0 Å². The van der Waals surface area contributed by atoms with Crippen LogP contribution in [-0.4, -0.2) is 18.9 Å². The number of hydrogen-bond acceptors (Lipinski definition) is 3. The van der Waals surface area contributed by atoms with Crippen LogP contribution in [0.4, 0.5) is 4.39 Å². The van der Waals surface area contributed by atoms with Gasteiger partial charge in [-0.3, -0.25) is 4.79 Å². The molecule has 1 aromatic carbocycles. The van der Waals surface area contributed by atoms with Crippen molar-refractivity contribution in [2.24, 2.45) is 5.41 Å². The van der Waals surface area contributed by atoms with Crippen molar-refractivity contribution in [1.29, 1.82) is 0 Å². The van der Waals surface area contributed by atoms with Gasteiger partial charge in [-0.1, -0.05) is 13.3 Å². The van der Waals surface area contributed by atoms with Gasteiger partial charge in [0.15, 0.2) is 5.76 Å². The van der Waals surface area contributed by atoms with Crippen molar-refractivity contribution < 1.29 is 13.6 Å². The maximum Gasteiger partial charge on any atom is 0.205 e. The SMILES string of the molecule is CCCC1(C(=O)c2cc3cc(F)ccc3o2)CCNC1. The van der Waals surface area contributed by atoms with E-state index in [9.17, 15) is 9.18 Å². The fourth-order valence-corrected chi connectivity index (χ4v) is 3.13. The third-order valence-corrected chi connectivity index (χ3v) is 4.16. The molecule has 2 aromatic rings. The maximum atomic E-state index is 13.2. The van der Waals surface area contributed by atoms with Gasteiger partial charge in [-0.15, -0.1) is 0 Å². The van der Waals surface area contributed by atoms with Gasteiger partial charge in [0.2, 0.25) is 5.78 Å². The molecular weight excluding hydrogens is 257 g/mol. The molecule has 3 nitrogen and oxygen atoms in total. The molecule has 2 heterocycles. The minimum absolute atomic E-state index is 0.0426. The van der Waals surface area contributed by atoms with Crippen LogP contribution in [0.15, 0.2) is 28.7 Å². The number of benzene rings is 1. The van der Waals surface area contributed by atoms with Gasteiger partial charge in [0.25, 0.3) is 0 Å². The van der Waals surface area contributed by atoms with Crippen molar-refractivity contribution in [2.75, 3.05) is 13.1 Å². The van der Waals surface area contributed by atoms with Crippen LogP contribution in [-0.2, 0) is 0 Å². The van der Waals surface area contributed by atoms with Crippen LogP contribution in [0.5, 0.6) is 0 Å². The summed E-state index contributed by atoms with van der Waals surface area (Å²) in [6.45, 7) is 3.65. The second kappa shape index (κ2) is 5.02. The highest BCUT2D eigenvalue weighted by Crippen LogP contribution is 2.36. The van der Waals surface area contributed by atoms with Gasteiger partial charge >= 0.3 is 0 Å². The van der Waals surface area contributed by atoms with Crippen LogP contribution in [0.25, 0.3) is 11.0 Å². The van der Waals surface area contributed by atoms with Gasteiger partial charge < -0.3 is 9.73 Å². The van der Waals surface area contributed by atoms with E-state index in [1.807, 2.05) is 0 Å². The van der Waals surface area contributed by atoms with Crippen molar-refractivity contribution in [3.05, 3.63) is 35.8 Å². The zero-order chi connectivity index (χ0) is 14.2. The first-order valence-corrected chi connectivity index (χ1v) is 7.09. The van der Waals surface area contributed by atoms with Crippen molar-refractivity contribution in [1.82, 2.24) is 5.32 Å². The van der Waals surface area contributed by atoms with Gasteiger partial charge in [0, 0.05) is 11.9 Å². The fourth-order valence-electron chi connectivity index (χ4n) is 3.13. The highest BCUT2D eigenvalue weighted by molar-refractivity contribution is 6.01. The van der Waals surface area contributed by atoms with Crippen LogP contribution in [0.3, 0.4) is 0 Å². The number of furan rings is 1. The molecule has 1 fully saturated rings. The average Bonchev–Trinajstić information content (AvgIpc) is 3.05. The molecule has 1 N–H and O–H groups in total. The molecule has 1 aliphatic rings. The van der Waals surface area contributed by atoms with Crippen LogP contribution in [0.2, 0.25) is 0 Å². The van der Waals surface area contributed by atoms with Crippen molar-refractivity contribution >= 4 is 16.8 Å². The lowest BCUT2D eigenvalue weighted by Crippen LogP contribution is -2.33. The molecule has 0 bridgehead atoms. The van der Waals surface area contributed by atoms with Crippen LogP contribution in [0, 0.1) is 11.2 Å². The number of carbonyl (C=O) groups excluding carboxylic acids is 1. The van der Waals surface area contributed by atoms with Gasteiger partial charge in [-0.2, -0.15) is 0 Å². The molecule has 0 radical (unpaired) electrons. The molecule has 0 aliphatic carbocycles. The molecule has 1 unspecified atom stereocenters. The van der Waals surface area contributed by atoms with Crippen molar-refractivity contribution in [3.63, 3.8) is 0 Å². The Morgan fingerprint density at radius 2 is 2.30 bits per heavy atom. The summed E-state index contributed by atoms with van der Waals surface area (Å²) in [6.07, 6.45) is 2.65. The van der Waals surface area contributed by atoms with E-state index in [2.05, 4.69) is 12.2 Å². The highest BCUT2D eigenvalue weighted by atomic mass is 19.1. The third kappa shape index (κ3) is 2.14. The van der Waals surface area contributed by atoms with E-state index in [0.29, 0.717) is 23.3 Å². The predicted molar refractivity (Wildman–Crippen MR) is 75.3 cm³/mol. The van der Waals surface area contributed by atoms with Gasteiger partial charge in [-0.05, 0) is 43.7 Å². The molecule has 1 saturated heterocycles. The topological polar surface area (TPSA) is 42.2 Å². The Balaban J connectivity index is 1.98. The number of carbonyl (C=O) groups is 1. The molecule has 106 valence electrons. The molecule has 0 amide bonds. The molecule has 1 aliphatic heterocycles. The van der Waals surface area contributed by atoms with E-state index in [-0.39, 0.29) is 17.0 Å². The van der Waals surface area contributed by atoms with Crippen molar-refractivity contribution in [3.8, 4) is 0 Å². The molecule has 0 spiro atoms. The number of ketones is 1.